The van der Waals surface area contributed by atoms with Gasteiger partial charge in [-0.05, 0) is 26.2 Å². The summed E-state index contributed by atoms with van der Waals surface area (Å²) in [5.74, 6) is -0.0181. The standard InChI is InChI=1S/C12H22N4O2/c1-7(2)5-12(4,18)6-14-11(17)10-9(13)8(3)15-16-10/h7,18H,5-6,13H2,1-4H3,(H,14,17)(H,15,16). The summed E-state index contributed by atoms with van der Waals surface area (Å²) in [4.78, 5) is 11.8. The molecule has 0 aliphatic rings. The predicted octanol–water partition coefficient (Wildman–Crippen LogP) is 0.827. The van der Waals surface area contributed by atoms with Crippen LogP contribution >= 0.6 is 0 Å². The number of nitrogens with one attached hydrogen (secondary N) is 2. The van der Waals surface area contributed by atoms with Gasteiger partial charge in [0.05, 0.1) is 17.0 Å². The minimum atomic E-state index is -0.927. The Bertz CT molecular complexity index is 424. The number of hydrogen-bond donors (Lipinski definition) is 4. The number of aromatic amines is 1. The molecule has 5 N–H and O–H groups in total. The van der Waals surface area contributed by atoms with E-state index >= 15 is 0 Å². The number of anilines is 1. The van der Waals surface area contributed by atoms with Crippen molar-refractivity contribution in [3.05, 3.63) is 11.4 Å². The lowest BCUT2D eigenvalue weighted by molar-refractivity contribution is 0.0367. The molecule has 0 spiro atoms. The van der Waals surface area contributed by atoms with Crippen molar-refractivity contribution < 1.29 is 9.90 Å². The molecule has 1 aromatic heterocycles. The lowest BCUT2D eigenvalue weighted by atomic mass is 9.94. The van der Waals surface area contributed by atoms with Gasteiger partial charge in [0.15, 0.2) is 5.69 Å². The van der Waals surface area contributed by atoms with Gasteiger partial charge in [0, 0.05) is 6.54 Å². The van der Waals surface area contributed by atoms with E-state index in [-0.39, 0.29) is 18.1 Å². The third kappa shape index (κ3) is 3.73. The number of nitrogen functional groups attached to an aromatic ring is 1. The fourth-order valence-corrected chi connectivity index (χ4v) is 1.92. The van der Waals surface area contributed by atoms with Gasteiger partial charge < -0.3 is 16.2 Å². The van der Waals surface area contributed by atoms with E-state index in [2.05, 4.69) is 15.5 Å². The van der Waals surface area contributed by atoms with Crippen LogP contribution in [-0.4, -0.2) is 33.4 Å². The number of carbonyl (C=O) groups excluding carboxylic acids is 1. The van der Waals surface area contributed by atoms with Gasteiger partial charge in [-0.1, -0.05) is 13.8 Å². The molecule has 0 aliphatic heterocycles. The molecular weight excluding hydrogens is 232 g/mol. The summed E-state index contributed by atoms with van der Waals surface area (Å²) in [6, 6.07) is 0. The first kappa shape index (κ1) is 14.5. The Hall–Kier alpha value is -1.56. The van der Waals surface area contributed by atoms with Gasteiger partial charge in [-0.25, -0.2) is 0 Å². The van der Waals surface area contributed by atoms with E-state index in [1.807, 2.05) is 13.8 Å². The minimum absolute atomic E-state index is 0.174. The van der Waals surface area contributed by atoms with Crippen molar-refractivity contribution >= 4 is 11.6 Å². The third-order valence-corrected chi connectivity index (χ3v) is 2.69. The van der Waals surface area contributed by atoms with Gasteiger partial charge in [0.1, 0.15) is 0 Å². The summed E-state index contributed by atoms with van der Waals surface area (Å²) >= 11 is 0. The Balaban J connectivity index is 2.59. The average Bonchev–Trinajstić information content (AvgIpc) is 2.55. The molecule has 0 saturated carbocycles. The molecular formula is C12H22N4O2. The summed E-state index contributed by atoms with van der Waals surface area (Å²) in [5, 5.41) is 19.2. The van der Waals surface area contributed by atoms with E-state index < -0.39 is 5.60 Å². The van der Waals surface area contributed by atoms with E-state index in [4.69, 9.17) is 5.73 Å². The topological polar surface area (TPSA) is 104 Å². The number of nitrogens with zero attached hydrogens (tertiary/aromatic N) is 1. The zero-order chi connectivity index (χ0) is 13.9. The molecule has 0 radical (unpaired) electrons. The number of aryl methyl sites for hydroxylation is 1. The molecule has 1 amide bonds. The molecule has 18 heavy (non-hydrogen) atoms. The normalized spacial score (nSPS) is 14.6. The predicted molar refractivity (Wildman–Crippen MR) is 70.1 cm³/mol. The highest BCUT2D eigenvalue weighted by atomic mass is 16.3. The van der Waals surface area contributed by atoms with Crippen LogP contribution in [0.1, 0.15) is 43.4 Å². The number of carbonyl (C=O) groups is 1. The van der Waals surface area contributed by atoms with Gasteiger partial charge in [0.2, 0.25) is 0 Å². The van der Waals surface area contributed by atoms with Crippen LogP contribution in [0.3, 0.4) is 0 Å². The highest BCUT2D eigenvalue weighted by Crippen LogP contribution is 2.16. The van der Waals surface area contributed by atoms with Crippen LogP contribution in [0.2, 0.25) is 0 Å². The SMILES string of the molecule is Cc1[nH]nc(C(=O)NCC(C)(O)CC(C)C)c1N. The van der Waals surface area contributed by atoms with Crippen molar-refractivity contribution in [1.82, 2.24) is 15.5 Å². The highest BCUT2D eigenvalue weighted by Gasteiger charge is 2.24. The largest absolute Gasteiger partial charge is 0.395 e. The molecule has 1 aromatic rings. The number of nitrogens with two attached hydrogens (primary N) is 1. The minimum Gasteiger partial charge on any atom is -0.395 e. The van der Waals surface area contributed by atoms with Crippen molar-refractivity contribution in [2.24, 2.45) is 5.92 Å². The van der Waals surface area contributed by atoms with Crippen LogP contribution in [0, 0.1) is 12.8 Å². The molecule has 0 bridgehead atoms. The van der Waals surface area contributed by atoms with Crippen LogP contribution in [0.4, 0.5) is 5.69 Å². The first-order valence-corrected chi connectivity index (χ1v) is 6.04. The average molecular weight is 254 g/mol. The monoisotopic (exact) mass is 254 g/mol. The van der Waals surface area contributed by atoms with Crippen LogP contribution in [0.5, 0.6) is 0 Å². The second-order valence-corrected chi connectivity index (χ2v) is 5.39. The fourth-order valence-electron chi connectivity index (χ4n) is 1.92. The molecule has 0 aliphatic carbocycles. The quantitative estimate of drug-likeness (QED) is 0.624. The summed E-state index contributed by atoms with van der Waals surface area (Å²) in [6.07, 6.45) is 0.613. The zero-order valence-electron chi connectivity index (χ0n) is 11.4. The second-order valence-electron chi connectivity index (χ2n) is 5.39. The molecule has 1 unspecified atom stereocenters. The maximum atomic E-state index is 11.8. The van der Waals surface area contributed by atoms with Gasteiger partial charge in [-0.15, -0.1) is 0 Å². The number of hydrogen-bond acceptors (Lipinski definition) is 4. The van der Waals surface area contributed by atoms with Crippen LogP contribution < -0.4 is 11.1 Å². The number of H-pyrrole nitrogens is 1. The highest BCUT2D eigenvalue weighted by molar-refractivity contribution is 5.97. The van der Waals surface area contributed by atoms with Gasteiger partial charge >= 0.3 is 0 Å². The third-order valence-electron chi connectivity index (χ3n) is 2.69. The van der Waals surface area contributed by atoms with Crippen LogP contribution in [0.25, 0.3) is 0 Å². The Morgan fingerprint density at radius 1 is 1.61 bits per heavy atom. The summed E-state index contributed by atoms with van der Waals surface area (Å²) in [7, 11) is 0. The number of rotatable bonds is 5. The van der Waals surface area contributed by atoms with Crippen molar-refractivity contribution in [2.75, 3.05) is 12.3 Å². The first-order valence-electron chi connectivity index (χ1n) is 6.04. The van der Waals surface area contributed by atoms with E-state index in [0.717, 1.165) is 0 Å². The van der Waals surface area contributed by atoms with Crippen molar-refractivity contribution in [3.8, 4) is 0 Å². The zero-order valence-corrected chi connectivity index (χ0v) is 11.4. The van der Waals surface area contributed by atoms with Crippen molar-refractivity contribution in [3.63, 3.8) is 0 Å². The number of aliphatic hydroxyl groups is 1. The second kappa shape index (κ2) is 5.39. The molecule has 1 atom stereocenters. The Morgan fingerprint density at radius 3 is 2.67 bits per heavy atom. The van der Waals surface area contributed by atoms with E-state index in [0.29, 0.717) is 23.7 Å². The first-order chi connectivity index (χ1) is 8.23. The molecule has 0 saturated heterocycles. The van der Waals surface area contributed by atoms with Crippen LogP contribution in [-0.2, 0) is 0 Å². The summed E-state index contributed by atoms with van der Waals surface area (Å²) in [6.45, 7) is 7.66. The Morgan fingerprint density at radius 2 is 2.22 bits per heavy atom. The number of aromatic nitrogens is 2. The molecule has 102 valence electrons. The van der Waals surface area contributed by atoms with E-state index in [1.54, 1.807) is 13.8 Å². The van der Waals surface area contributed by atoms with E-state index in [1.165, 1.54) is 0 Å². The molecule has 1 rings (SSSR count). The Kier molecular flexibility index (Phi) is 4.34. The molecule has 1 heterocycles. The molecule has 0 fully saturated rings. The van der Waals surface area contributed by atoms with Crippen LogP contribution in [0.15, 0.2) is 0 Å². The number of amides is 1. The maximum Gasteiger partial charge on any atom is 0.274 e. The molecule has 6 nitrogen and oxygen atoms in total. The summed E-state index contributed by atoms with van der Waals surface area (Å²) < 4.78 is 0. The summed E-state index contributed by atoms with van der Waals surface area (Å²) in [5.41, 5.74) is 5.96. The van der Waals surface area contributed by atoms with E-state index in [9.17, 15) is 9.90 Å². The van der Waals surface area contributed by atoms with Gasteiger partial charge in [0.25, 0.3) is 5.91 Å². The lowest BCUT2D eigenvalue weighted by Crippen LogP contribution is -2.41. The Labute approximate surface area is 107 Å². The molecule has 6 heteroatoms. The fraction of sp³-hybridized carbons (Fsp3) is 0.667. The lowest BCUT2D eigenvalue weighted by Gasteiger charge is -2.25. The molecule has 0 aromatic carbocycles. The van der Waals surface area contributed by atoms with Gasteiger partial charge in [-0.3, -0.25) is 9.89 Å². The van der Waals surface area contributed by atoms with Crippen molar-refractivity contribution in [2.45, 2.75) is 39.7 Å². The smallest absolute Gasteiger partial charge is 0.274 e. The van der Waals surface area contributed by atoms with Gasteiger partial charge in [-0.2, -0.15) is 5.10 Å². The maximum absolute atomic E-state index is 11.8. The van der Waals surface area contributed by atoms with Crippen molar-refractivity contribution in [1.29, 1.82) is 0 Å².